The van der Waals surface area contributed by atoms with Crippen LogP contribution in [0.4, 0.5) is 9.18 Å². The molecule has 9 heteroatoms. The van der Waals surface area contributed by atoms with Gasteiger partial charge in [-0.25, -0.2) is 9.18 Å². The van der Waals surface area contributed by atoms with Crippen LogP contribution >= 0.6 is 0 Å². The lowest BCUT2D eigenvalue weighted by Gasteiger charge is -2.32. The first-order chi connectivity index (χ1) is 17.8. The van der Waals surface area contributed by atoms with Crippen molar-refractivity contribution in [2.45, 2.75) is 63.2 Å². The molecule has 2 fully saturated rings. The maximum atomic E-state index is 13.3. The van der Waals surface area contributed by atoms with Gasteiger partial charge >= 0.3 is 6.09 Å². The number of amides is 3. The molecule has 8 nitrogen and oxygen atoms in total. The van der Waals surface area contributed by atoms with Gasteiger partial charge in [-0.2, -0.15) is 0 Å². The van der Waals surface area contributed by atoms with Gasteiger partial charge in [0.15, 0.2) is 0 Å². The zero-order valence-corrected chi connectivity index (χ0v) is 20.8. The first-order valence-electron chi connectivity index (χ1n) is 12.9. The molecule has 1 heterocycles. The lowest BCUT2D eigenvalue weighted by molar-refractivity contribution is -0.131. The van der Waals surface area contributed by atoms with Crippen LogP contribution in [0.3, 0.4) is 0 Å². The molecule has 3 amide bonds. The maximum Gasteiger partial charge on any atom is 0.410 e. The Kier molecular flexibility index (Phi) is 8.76. The Labute approximate surface area is 216 Å². The predicted octanol–water partition coefficient (Wildman–Crippen LogP) is 3.54. The molecule has 2 aliphatic rings. The zero-order chi connectivity index (χ0) is 26.4. The summed E-state index contributed by atoms with van der Waals surface area (Å²) in [6.45, 7) is 1.12. The van der Waals surface area contributed by atoms with Gasteiger partial charge in [0.25, 0.3) is 0 Å². The van der Waals surface area contributed by atoms with Crippen LogP contribution in [0.15, 0.2) is 48.5 Å². The number of nitrogens with two attached hydrogens (primary N) is 1. The van der Waals surface area contributed by atoms with Gasteiger partial charge < -0.3 is 25.8 Å². The number of benzene rings is 2. The van der Waals surface area contributed by atoms with Crippen molar-refractivity contribution in [3.8, 4) is 0 Å². The average Bonchev–Trinajstić information content (AvgIpc) is 2.91. The fourth-order valence-corrected chi connectivity index (χ4v) is 5.21. The molecule has 1 saturated carbocycles. The fraction of sp³-hybridized carbons (Fsp3) is 0.464. The molecule has 2 aromatic carbocycles. The summed E-state index contributed by atoms with van der Waals surface area (Å²) in [5, 5.41) is 12.4. The zero-order valence-electron chi connectivity index (χ0n) is 20.8. The number of aliphatic hydroxyl groups excluding tert-OH is 1. The van der Waals surface area contributed by atoms with E-state index in [1.165, 1.54) is 24.3 Å². The number of carbonyl (C=O) groups excluding carboxylic acids is 3. The Morgan fingerprint density at radius 1 is 1.00 bits per heavy atom. The maximum absolute atomic E-state index is 13.3. The standard InChI is InChI=1S/C28H34FN3O5/c29-21-11-9-20(10-12-21)25(26(30)34)31-27(35)24-4-2-1-3-23(24)19-7-5-18(6-8-19)17-37-28(36)32-15-13-22(33)14-16-32/h5-12,22-25,33H,1-4,13-17H2,(H2,30,34)(H,31,35)/t23-,24+,25-/m0/s1. The third kappa shape index (κ3) is 6.85. The summed E-state index contributed by atoms with van der Waals surface area (Å²) in [6.07, 6.45) is 3.81. The molecule has 0 bridgehead atoms. The monoisotopic (exact) mass is 511 g/mol. The molecule has 1 aliphatic carbocycles. The molecular weight excluding hydrogens is 477 g/mol. The Hall–Kier alpha value is -3.46. The molecule has 4 rings (SSSR count). The number of hydrogen-bond acceptors (Lipinski definition) is 5. The quantitative estimate of drug-likeness (QED) is 0.525. The van der Waals surface area contributed by atoms with Crippen molar-refractivity contribution in [3.05, 3.63) is 71.0 Å². The van der Waals surface area contributed by atoms with Gasteiger partial charge in [0.2, 0.25) is 11.8 Å². The molecule has 1 aliphatic heterocycles. The molecule has 37 heavy (non-hydrogen) atoms. The normalized spacial score (nSPS) is 21.2. The summed E-state index contributed by atoms with van der Waals surface area (Å²) in [5.41, 5.74) is 7.85. The highest BCUT2D eigenvalue weighted by Gasteiger charge is 2.34. The summed E-state index contributed by atoms with van der Waals surface area (Å²) < 4.78 is 18.8. The number of piperidine rings is 1. The molecule has 1 saturated heterocycles. The number of carbonyl (C=O) groups is 3. The van der Waals surface area contributed by atoms with Gasteiger partial charge in [-0.1, -0.05) is 49.2 Å². The molecule has 4 N–H and O–H groups in total. The molecule has 0 unspecified atom stereocenters. The van der Waals surface area contributed by atoms with Crippen molar-refractivity contribution in [2.24, 2.45) is 11.7 Å². The number of aliphatic hydroxyl groups is 1. The second kappa shape index (κ2) is 12.2. The second-order valence-electron chi connectivity index (χ2n) is 9.91. The number of nitrogens with one attached hydrogen (secondary N) is 1. The van der Waals surface area contributed by atoms with E-state index in [-0.39, 0.29) is 36.5 Å². The second-order valence-corrected chi connectivity index (χ2v) is 9.91. The van der Waals surface area contributed by atoms with E-state index in [0.717, 1.165) is 30.4 Å². The molecule has 3 atom stereocenters. The summed E-state index contributed by atoms with van der Waals surface area (Å²) in [4.78, 5) is 39.3. The van der Waals surface area contributed by atoms with Crippen LogP contribution < -0.4 is 11.1 Å². The topological polar surface area (TPSA) is 122 Å². The Bertz CT molecular complexity index is 1080. The molecule has 2 aromatic rings. The molecule has 0 aromatic heterocycles. The van der Waals surface area contributed by atoms with Gasteiger partial charge in [-0.3, -0.25) is 9.59 Å². The van der Waals surface area contributed by atoms with E-state index in [9.17, 15) is 23.9 Å². The minimum absolute atomic E-state index is 0.0214. The summed E-state index contributed by atoms with van der Waals surface area (Å²) >= 11 is 0. The summed E-state index contributed by atoms with van der Waals surface area (Å²) in [6, 6.07) is 12.1. The van der Waals surface area contributed by atoms with Crippen molar-refractivity contribution >= 4 is 17.9 Å². The van der Waals surface area contributed by atoms with Crippen LogP contribution in [0, 0.1) is 11.7 Å². The fourth-order valence-electron chi connectivity index (χ4n) is 5.21. The number of rotatable bonds is 7. The van der Waals surface area contributed by atoms with E-state index in [1.807, 2.05) is 24.3 Å². The van der Waals surface area contributed by atoms with Gasteiger partial charge in [0.1, 0.15) is 18.5 Å². The largest absolute Gasteiger partial charge is 0.445 e. The number of nitrogens with zero attached hydrogens (tertiary/aromatic N) is 1. The average molecular weight is 512 g/mol. The van der Waals surface area contributed by atoms with Gasteiger partial charge in [-0.15, -0.1) is 0 Å². The van der Waals surface area contributed by atoms with Crippen molar-refractivity contribution in [1.82, 2.24) is 10.2 Å². The first kappa shape index (κ1) is 26.6. The third-order valence-corrected chi connectivity index (χ3v) is 7.37. The van der Waals surface area contributed by atoms with Crippen molar-refractivity contribution < 1.29 is 28.6 Å². The van der Waals surface area contributed by atoms with Crippen molar-refractivity contribution in [2.75, 3.05) is 13.1 Å². The minimum atomic E-state index is -1.03. The smallest absolute Gasteiger partial charge is 0.410 e. The minimum Gasteiger partial charge on any atom is -0.445 e. The third-order valence-electron chi connectivity index (χ3n) is 7.37. The number of likely N-dealkylation sites (tertiary alicyclic amines) is 1. The van der Waals surface area contributed by atoms with Crippen LogP contribution in [0.1, 0.15) is 67.2 Å². The summed E-state index contributed by atoms with van der Waals surface area (Å²) in [7, 11) is 0. The van der Waals surface area contributed by atoms with E-state index in [0.29, 0.717) is 37.9 Å². The van der Waals surface area contributed by atoms with Crippen LogP contribution in [-0.2, 0) is 20.9 Å². The van der Waals surface area contributed by atoms with E-state index in [2.05, 4.69) is 5.32 Å². The number of primary amides is 1. The summed E-state index contributed by atoms with van der Waals surface area (Å²) in [5.74, 6) is -1.73. The van der Waals surface area contributed by atoms with Crippen LogP contribution in [0.2, 0.25) is 0 Å². The van der Waals surface area contributed by atoms with E-state index < -0.39 is 17.8 Å². The lowest BCUT2D eigenvalue weighted by Crippen LogP contribution is -2.42. The Morgan fingerprint density at radius 3 is 2.30 bits per heavy atom. The van der Waals surface area contributed by atoms with Crippen molar-refractivity contribution in [3.63, 3.8) is 0 Å². The van der Waals surface area contributed by atoms with Gasteiger partial charge in [-0.05, 0) is 60.4 Å². The van der Waals surface area contributed by atoms with Gasteiger partial charge in [0.05, 0.1) is 6.10 Å². The van der Waals surface area contributed by atoms with Crippen LogP contribution in [-0.4, -0.2) is 47.1 Å². The Morgan fingerprint density at radius 2 is 1.65 bits per heavy atom. The predicted molar refractivity (Wildman–Crippen MR) is 135 cm³/mol. The van der Waals surface area contributed by atoms with Crippen molar-refractivity contribution in [1.29, 1.82) is 0 Å². The lowest BCUT2D eigenvalue weighted by atomic mass is 9.74. The van der Waals surface area contributed by atoms with E-state index in [1.54, 1.807) is 4.90 Å². The number of halogens is 1. The van der Waals surface area contributed by atoms with E-state index in [4.69, 9.17) is 10.5 Å². The molecular formula is C28H34FN3O5. The first-order valence-corrected chi connectivity index (χ1v) is 12.9. The highest BCUT2D eigenvalue weighted by molar-refractivity contribution is 5.89. The number of hydrogen-bond donors (Lipinski definition) is 3. The SMILES string of the molecule is NC(=O)[C@@H](NC(=O)[C@@H]1CCCC[C@H]1c1ccc(COC(=O)N2CCC(O)CC2)cc1)c1ccc(F)cc1. The van der Waals surface area contributed by atoms with E-state index >= 15 is 0 Å². The Balaban J connectivity index is 1.38. The molecule has 198 valence electrons. The van der Waals surface area contributed by atoms with Crippen LogP contribution in [0.5, 0.6) is 0 Å². The number of ether oxygens (including phenoxy) is 1. The molecule has 0 spiro atoms. The van der Waals surface area contributed by atoms with Gasteiger partial charge in [0, 0.05) is 19.0 Å². The highest BCUT2D eigenvalue weighted by atomic mass is 19.1. The highest BCUT2D eigenvalue weighted by Crippen LogP contribution is 2.38. The molecule has 0 radical (unpaired) electrons. The van der Waals surface area contributed by atoms with Crippen LogP contribution in [0.25, 0.3) is 0 Å².